The molecule has 1 saturated heterocycles. The minimum atomic E-state index is 0.503. The molecule has 1 saturated carbocycles. The molecule has 0 radical (unpaired) electrons. The first-order valence-corrected chi connectivity index (χ1v) is 12.2. The molecule has 8 nitrogen and oxygen atoms in total. The van der Waals surface area contributed by atoms with Gasteiger partial charge in [-0.05, 0) is 49.9 Å². The Balaban J connectivity index is 1.38. The van der Waals surface area contributed by atoms with Crippen LogP contribution in [0.3, 0.4) is 0 Å². The van der Waals surface area contributed by atoms with Crippen LogP contribution in [0.25, 0.3) is 11.4 Å². The highest BCUT2D eigenvalue weighted by atomic mass is 16.5. The molecule has 6 rings (SSSR count). The average molecular weight is 458 g/mol. The molecule has 1 aromatic carbocycles. The molecule has 0 spiro atoms. The zero-order valence-corrected chi connectivity index (χ0v) is 19.9. The molecule has 3 aromatic rings. The number of fused-ring (bicyclic) bond motifs is 1. The van der Waals surface area contributed by atoms with E-state index < -0.39 is 0 Å². The van der Waals surface area contributed by atoms with E-state index in [9.17, 15) is 0 Å². The van der Waals surface area contributed by atoms with Gasteiger partial charge < -0.3 is 20.3 Å². The molecule has 3 aliphatic rings. The number of aryl methyl sites for hydroxylation is 1. The van der Waals surface area contributed by atoms with Crippen LogP contribution >= 0.6 is 0 Å². The molecule has 2 atom stereocenters. The number of morpholine rings is 1. The summed E-state index contributed by atoms with van der Waals surface area (Å²) < 4.78 is 5.60. The van der Waals surface area contributed by atoms with Crippen LogP contribution in [0.15, 0.2) is 30.3 Å². The number of hydrogen-bond donors (Lipinski definition) is 1. The van der Waals surface area contributed by atoms with Crippen LogP contribution < -0.4 is 15.5 Å². The van der Waals surface area contributed by atoms with Gasteiger partial charge in [0.2, 0.25) is 0 Å². The molecule has 0 amide bonds. The summed E-state index contributed by atoms with van der Waals surface area (Å²) in [5.74, 6) is 4.98. The fourth-order valence-corrected chi connectivity index (χ4v) is 4.99. The lowest BCUT2D eigenvalue weighted by Crippen LogP contribution is -2.39. The zero-order valence-electron chi connectivity index (χ0n) is 19.9. The van der Waals surface area contributed by atoms with E-state index >= 15 is 0 Å². The van der Waals surface area contributed by atoms with Crippen molar-refractivity contribution in [2.75, 3.05) is 48.4 Å². The van der Waals surface area contributed by atoms with Gasteiger partial charge in [-0.25, -0.2) is 19.9 Å². The summed E-state index contributed by atoms with van der Waals surface area (Å²) in [5, 5.41) is 0. The van der Waals surface area contributed by atoms with Crippen molar-refractivity contribution in [2.24, 2.45) is 5.92 Å². The molecule has 2 aromatic heterocycles. The molecular weight excluding hydrogens is 426 g/mol. The molecule has 2 fully saturated rings. The van der Waals surface area contributed by atoms with E-state index in [1.807, 2.05) is 24.3 Å². The third kappa shape index (κ3) is 4.07. The summed E-state index contributed by atoms with van der Waals surface area (Å²) in [6.45, 7) is 9.10. The number of anilines is 3. The Bertz CT molecular complexity index is 1210. The number of hydrogen-bond acceptors (Lipinski definition) is 8. The van der Waals surface area contributed by atoms with Crippen LogP contribution in [-0.4, -0.2) is 52.8 Å². The van der Waals surface area contributed by atoms with Crippen molar-refractivity contribution in [3.8, 4) is 11.4 Å². The SMILES string of the molecule is Cc1cc(N2CCc3c(nc(-c4ccc(N)cc4)nc3N3CCOCC3)C2)nc([C@H]2CC2C)n1. The smallest absolute Gasteiger partial charge is 0.161 e. The van der Waals surface area contributed by atoms with E-state index in [1.165, 1.54) is 12.0 Å². The highest BCUT2D eigenvalue weighted by Gasteiger charge is 2.37. The topological polar surface area (TPSA) is 93.3 Å². The minimum Gasteiger partial charge on any atom is -0.399 e. The van der Waals surface area contributed by atoms with Gasteiger partial charge in [0.05, 0.1) is 25.5 Å². The lowest BCUT2D eigenvalue weighted by molar-refractivity contribution is 0.122. The Labute approximate surface area is 200 Å². The first-order chi connectivity index (χ1) is 16.5. The molecule has 0 bridgehead atoms. The fourth-order valence-electron chi connectivity index (χ4n) is 4.99. The Hall–Kier alpha value is -3.26. The van der Waals surface area contributed by atoms with Gasteiger partial charge in [-0.3, -0.25) is 0 Å². The van der Waals surface area contributed by atoms with Crippen molar-refractivity contribution < 1.29 is 4.74 Å². The van der Waals surface area contributed by atoms with Gasteiger partial charge in [0.25, 0.3) is 0 Å². The number of benzene rings is 1. The molecule has 1 unspecified atom stereocenters. The second-order valence-electron chi connectivity index (χ2n) is 9.73. The Morgan fingerprint density at radius 3 is 2.47 bits per heavy atom. The predicted molar refractivity (Wildman–Crippen MR) is 133 cm³/mol. The Morgan fingerprint density at radius 1 is 0.971 bits per heavy atom. The van der Waals surface area contributed by atoms with E-state index in [1.54, 1.807) is 0 Å². The normalized spacial score (nSPS) is 21.9. The highest BCUT2D eigenvalue weighted by Crippen LogP contribution is 2.45. The van der Waals surface area contributed by atoms with Gasteiger partial charge in [-0.2, -0.15) is 0 Å². The van der Waals surface area contributed by atoms with Crippen LogP contribution in [0.5, 0.6) is 0 Å². The van der Waals surface area contributed by atoms with Crippen LogP contribution in [0.2, 0.25) is 0 Å². The largest absolute Gasteiger partial charge is 0.399 e. The van der Waals surface area contributed by atoms with E-state index in [0.29, 0.717) is 18.4 Å². The van der Waals surface area contributed by atoms with Crippen molar-refractivity contribution in [1.29, 1.82) is 0 Å². The van der Waals surface area contributed by atoms with Crippen LogP contribution in [0.1, 0.15) is 42.0 Å². The summed E-state index contributed by atoms with van der Waals surface area (Å²) in [7, 11) is 0. The zero-order chi connectivity index (χ0) is 23.2. The number of aromatic nitrogens is 4. The maximum atomic E-state index is 5.92. The minimum absolute atomic E-state index is 0.503. The number of rotatable bonds is 4. The third-order valence-corrected chi connectivity index (χ3v) is 7.15. The summed E-state index contributed by atoms with van der Waals surface area (Å²) >= 11 is 0. The molecule has 8 heteroatoms. The van der Waals surface area contributed by atoms with Gasteiger partial charge in [0.15, 0.2) is 5.82 Å². The number of nitrogens with two attached hydrogens (primary N) is 1. The van der Waals surface area contributed by atoms with E-state index in [0.717, 1.165) is 85.2 Å². The van der Waals surface area contributed by atoms with Gasteiger partial charge in [0, 0.05) is 54.1 Å². The van der Waals surface area contributed by atoms with Crippen molar-refractivity contribution in [1.82, 2.24) is 19.9 Å². The Kier molecular flexibility index (Phi) is 5.32. The first kappa shape index (κ1) is 21.3. The molecule has 34 heavy (non-hydrogen) atoms. The molecule has 2 N–H and O–H groups in total. The van der Waals surface area contributed by atoms with E-state index in [2.05, 4.69) is 29.7 Å². The monoisotopic (exact) mass is 457 g/mol. The fraction of sp³-hybridized carbons (Fsp3) is 0.462. The van der Waals surface area contributed by atoms with Crippen molar-refractivity contribution in [3.05, 3.63) is 53.1 Å². The highest BCUT2D eigenvalue weighted by molar-refractivity contribution is 5.64. The number of nitrogen functional groups attached to an aromatic ring is 1. The second-order valence-corrected chi connectivity index (χ2v) is 9.73. The summed E-state index contributed by atoms with van der Waals surface area (Å²) in [6, 6.07) is 9.91. The molecule has 2 aliphatic heterocycles. The van der Waals surface area contributed by atoms with Crippen molar-refractivity contribution in [3.63, 3.8) is 0 Å². The standard InChI is InChI=1S/C26H31N7O/c1-16-13-21(16)25-28-17(2)14-23(30-25)33-8-7-20-22(15-33)29-24(18-3-5-19(27)6-4-18)31-26(20)32-9-11-34-12-10-32/h3-6,14,16,21H,7-13,15,27H2,1-2H3/t16?,21-/m0/s1. The maximum Gasteiger partial charge on any atom is 0.161 e. The average Bonchev–Trinajstić information content (AvgIpc) is 3.60. The molecular formula is C26H31N7O. The van der Waals surface area contributed by atoms with Crippen molar-refractivity contribution in [2.45, 2.75) is 39.2 Å². The number of ether oxygens (including phenoxy) is 1. The molecule has 176 valence electrons. The van der Waals surface area contributed by atoms with Gasteiger partial charge >= 0.3 is 0 Å². The number of nitrogens with zero attached hydrogens (tertiary/aromatic N) is 6. The molecule has 4 heterocycles. The quantitative estimate of drug-likeness (QED) is 0.596. The van der Waals surface area contributed by atoms with Crippen LogP contribution in [0, 0.1) is 12.8 Å². The van der Waals surface area contributed by atoms with E-state index in [-0.39, 0.29) is 0 Å². The van der Waals surface area contributed by atoms with Crippen LogP contribution in [-0.2, 0) is 17.7 Å². The Morgan fingerprint density at radius 2 is 1.74 bits per heavy atom. The third-order valence-electron chi connectivity index (χ3n) is 7.15. The van der Waals surface area contributed by atoms with Gasteiger partial charge in [-0.1, -0.05) is 6.92 Å². The molecule has 1 aliphatic carbocycles. The van der Waals surface area contributed by atoms with Gasteiger partial charge in [-0.15, -0.1) is 0 Å². The summed E-state index contributed by atoms with van der Waals surface area (Å²) in [4.78, 5) is 24.5. The predicted octanol–water partition coefficient (Wildman–Crippen LogP) is 3.35. The first-order valence-electron chi connectivity index (χ1n) is 12.2. The van der Waals surface area contributed by atoms with E-state index in [4.69, 9.17) is 30.4 Å². The maximum absolute atomic E-state index is 5.92. The van der Waals surface area contributed by atoms with Crippen molar-refractivity contribution >= 4 is 17.3 Å². The summed E-state index contributed by atoms with van der Waals surface area (Å²) in [6.07, 6.45) is 2.08. The van der Waals surface area contributed by atoms with Crippen LogP contribution in [0.4, 0.5) is 17.3 Å². The van der Waals surface area contributed by atoms with Gasteiger partial charge in [0.1, 0.15) is 17.5 Å². The second kappa shape index (κ2) is 8.51. The lowest BCUT2D eigenvalue weighted by atomic mass is 10.0. The summed E-state index contributed by atoms with van der Waals surface area (Å²) in [5.41, 5.74) is 11.0. The lowest BCUT2D eigenvalue weighted by Gasteiger charge is -2.34.